The Balaban J connectivity index is 1.77. The third-order valence-electron chi connectivity index (χ3n) is 4.21. The maximum absolute atomic E-state index is 10.4. The molecule has 1 fully saturated rings. The van der Waals surface area contributed by atoms with Gasteiger partial charge in [-0.25, -0.2) is 0 Å². The smallest absolute Gasteiger partial charge is 0.101 e. The van der Waals surface area contributed by atoms with Gasteiger partial charge in [-0.15, -0.1) is 11.3 Å². The fraction of sp³-hybridized carbons (Fsp3) is 0.750. The van der Waals surface area contributed by atoms with Crippen LogP contribution >= 0.6 is 11.3 Å². The SMILES string of the molecule is CNCCN1CCN(CC(O)c2cc(C(C)C)cs2)CC1. The quantitative estimate of drug-likeness (QED) is 0.804. The largest absolute Gasteiger partial charge is 0.386 e. The fourth-order valence-electron chi connectivity index (χ4n) is 2.65. The summed E-state index contributed by atoms with van der Waals surface area (Å²) in [5, 5.41) is 15.8. The normalized spacial score (nSPS) is 19.3. The van der Waals surface area contributed by atoms with Crippen molar-refractivity contribution in [2.75, 3.05) is 52.9 Å². The number of nitrogens with one attached hydrogen (secondary N) is 1. The molecule has 1 aromatic heterocycles. The van der Waals surface area contributed by atoms with Crippen molar-refractivity contribution >= 4 is 11.3 Å². The Kier molecular flexibility index (Phi) is 6.64. The molecule has 0 spiro atoms. The Morgan fingerprint density at radius 1 is 1.24 bits per heavy atom. The molecule has 0 bridgehead atoms. The second kappa shape index (κ2) is 8.25. The summed E-state index contributed by atoms with van der Waals surface area (Å²) in [7, 11) is 2.00. The summed E-state index contributed by atoms with van der Waals surface area (Å²) >= 11 is 1.69. The van der Waals surface area contributed by atoms with Crippen LogP contribution in [0.4, 0.5) is 0 Å². The number of aliphatic hydroxyl groups is 1. The lowest BCUT2D eigenvalue weighted by atomic mass is 10.1. The standard InChI is InChI=1S/C16H29N3OS/c1-13(2)14-10-16(21-12-14)15(20)11-19-8-6-18(7-9-19)5-4-17-3/h10,12-13,15,17,20H,4-9,11H2,1-3H3. The summed E-state index contributed by atoms with van der Waals surface area (Å²) in [5.41, 5.74) is 1.34. The van der Waals surface area contributed by atoms with E-state index in [0.29, 0.717) is 5.92 Å². The molecule has 5 heteroatoms. The van der Waals surface area contributed by atoms with Crippen LogP contribution in [-0.2, 0) is 0 Å². The summed E-state index contributed by atoms with van der Waals surface area (Å²) < 4.78 is 0. The Bertz CT molecular complexity index is 413. The Morgan fingerprint density at radius 2 is 1.90 bits per heavy atom. The highest BCUT2D eigenvalue weighted by Crippen LogP contribution is 2.27. The third kappa shape index (κ3) is 5.04. The molecule has 2 heterocycles. The van der Waals surface area contributed by atoms with E-state index in [9.17, 15) is 5.11 Å². The molecule has 4 nitrogen and oxygen atoms in total. The zero-order valence-electron chi connectivity index (χ0n) is 13.5. The number of β-amino-alcohol motifs (C(OH)–C–C–N with tert-alkyl or cyclic N) is 1. The third-order valence-corrected chi connectivity index (χ3v) is 5.26. The molecule has 0 radical (unpaired) electrons. The van der Waals surface area contributed by atoms with Crippen molar-refractivity contribution in [1.29, 1.82) is 0 Å². The minimum atomic E-state index is -0.341. The second-order valence-corrected chi connectivity index (χ2v) is 7.14. The number of hydrogen-bond acceptors (Lipinski definition) is 5. The molecule has 0 aliphatic carbocycles. The summed E-state index contributed by atoms with van der Waals surface area (Å²) in [6.45, 7) is 11.7. The molecule has 21 heavy (non-hydrogen) atoms. The van der Waals surface area contributed by atoms with Gasteiger partial charge in [-0.05, 0) is 30.0 Å². The van der Waals surface area contributed by atoms with Crippen molar-refractivity contribution in [2.24, 2.45) is 0 Å². The number of piperazine rings is 1. The molecule has 2 rings (SSSR count). The van der Waals surface area contributed by atoms with Crippen LogP contribution in [0.5, 0.6) is 0 Å². The predicted octanol–water partition coefficient (Wildman–Crippen LogP) is 1.74. The average Bonchev–Trinajstić information content (AvgIpc) is 2.97. The molecular weight excluding hydrogens is 282 g/mol. The van der Waals surface area contributed by atoms with E-state index in [-0.39, 0.29) is 6.10 Å². The van der Waals surface area contributed by atoms with Crippen LogP contribution in [0.2, 0.25) is 0 Å². The molecule has 1 aliphatic rings. The highest BCUT2D eigenvalue weighted by Gasteiger charge is 2.20. The molecule has 0 aromatic carbocycles. The van der Waals surface area contributed by atoms with Crippen LogP contribution in [0.1, 0.15) is 36.3 Å². The van der Waals surface area contributed by atoms with Gasteiger partial charge < -0.3 is 10.4 Å². The van der Waals surface area contributed by atoms with E-state index in [1.54, 1.807) is 11.3 Å². The number of hydrogen-bond donors (Lipinski definition) is 2. The highest BCUT2D eigenvalue weighted by atomic mass is 32.1. The van der Waals surface area contributed by atoms with Crippen LogP contribution in [0.25, 0.3) is 0 Å². The molecule has 2 N–H and O–H groups in total. The monoisotopic (exact) mass is 311 g/mol. The van der Waals surface area contributed by atoms with Gasteiger partial charge in [0.05, 0.1) is 0 Å². The van der Waals surface area contributed by atoms with E-state index >= 15 is 0 Å². The van der Waals surface area contributed by atoms with Crippen LogP contribution in [0, 0.1) is 0 Å². The van der Waals surface area contributed by atoms with Gasteiger partial charge in [0.25, 0.3) is 0 Å². The van der Waals surface area contributed by atoms with E-state index in [1.807, 2.05) is 7.05 Å². The van der Waals surface area contributed by atoms with Gasteiger partial charge in [-0.3, -0.25) is 9.80 Å². The Labute approximate surface area is 132 Å². The van der Waals surface area contributed by atoms with Gasteiger partial charge >= 0.3 is 0 Å². The first kappa shape index (κ1) is 16.9. The van der Waals surface area contributed by atoms with Crippen molar-refractivity contribution in [3.63, 3.8) is 0 Å². The molecule has 120 valence electrons. The number of rotatable bonds is 7. The van der Waals surface area contributed by atoms with Crippen LogP contribution in [-0.4, -0.2) is 67.8 Å². The first-order chi connectivity index (χ1) is 10.1. The molecule has 0 saturated carbocycles. The van der Waals surface area contributed by atoms with Crippen molar-refractivity contribution in [2.45, 2.75) is 25.9 Å². The molecule has 1 atom stereocenters. The van der Waals surface area contributed by atoms with E-state index in [4.69, 9.17) is 0 Å². The lowest BCUT2D eigenvalue weighted by molar-refractivity contribution is 0.0746. The highest BCUT2D eigenvalue weighted by molar-refractivity contribution is 7.10. The number of thiophene rings is 1. The number of aliphatic hydroxyl groups excluding tert-OH is 1. The van der Waals surface area contributed by atoms with Crippen LogP contribution < -0.4 is 5.32 Å². The lowest BCUT2D eigenvalue weighted by Crippen LogP contribution is -2.48. The van der Waals surface area contributed by atoms with E-state index in [0.717, 1.165) is 50.7 Å². The van der Waals surface area contributed by atoms with Gasteiger partial charge in [0.15, 0.2) is 0 Å². The fourth-order valence-corrected chi connectivity index (χ4v) is 3.69. The summed E-state index contributed by atoms with van der Waals surface area (Å²) in [5.74, 6) is 0.540. The Hall–Kier alpha value is -0.460. The van der Waals surface area contributed by atoms with Gasteiger partial charge in [0.2, 0.25) is 0 Å². The van der Waals surface area contributed by atoms with Crippen molar-refractivity contribution in [3.8, 4) is 0 Å². The molecule has 1 saturated heterocycles. The lowest BCUT2D eigenvalue weighted by Gasteiger charge is -2.35. The average molecular weight is 311 g/mol. The minimum Gasteiger partial charge on any atom is -0.386 e. The Morgan fingerprint density at radius 3 is 2.48 bits per heavy atom. The zero-order valence-corrected chi connectivity index (χ0v) is 14.3. The first-order valence-electron chi connectivity index (χ1n) is 7.96. The summed E-state index contributed by atoms with van der Waals surface area (Å²) in [6, 6.07) is 2.17. The molecule has 0 amide bonds. The van der Waals surface area contributed by atoms with E-state index in [2.05, 4.69) is 40.4 Å². The number of nitrogens with zero attached hydrogens (tertiary/aromatic N) is 2. The van der Waals surface area contributed by atoms with Crippen LogP contribution in [0.15, 0.2) is 11.4 Å². The van der Waals surface area contributed by atoms with E-state index in [1.165, 1.54) is 5.56 Å². The van der Waals surface area contributed by atoms with Crippen LogP contribution in [0.3, 0.4) is 0 Å². The maximum Gasteiger partial charge on any atom is 0.101 e. The van der Waals surface area contributed by atoms with Gasteiger partial charge in [-0.1, -0.05) is 13.8 Å². The molecule has 1 unspecified atom stereocenters. The van der Waals surface area contributed by atoms with Crippen molar-refractivity contribution in [3.05, 3.63) is 21.9 Å². The van der Waals surface area contributed by atoms with Crippen molar-refractivity contribution in [1.82, 2.24) is 15.1 Å². The summed E-state index contributed by atoms with van der Waals surface area (Å²) in [6.07, 6.45) is -0.341. The topological polar surface area (TPSA) is 38.7 Å². The van der Waals surface area contributed by atoms with E-state index < -0.39 is 0 Å². The minimum absolute atomic E-state index is 0.341. The second-order valence-electron chi connectivity index (χ2n) is 6.20. The summed E-state index contributed by atoms with van der Waals surface area (Å²) in [4.78, 5) is 5.98. The maximum atomic E-state index is 10.4. The molecule has 1 aromatic rings. The number of likely N-dealkylation sites (N-methyl/N-ethyl adjacent to an activating group) is 1. The van der Waals surface area contributed by atoms with Gasteiger partial charge in [0.1, 0.15) is 6.10 Å². The molecular formula is C16H29N3OS. The van der Waals surface area contributed by atoms with Gasteiger partial charge in [0, 0.05) is 50.7 Å². The zero-order chi connectivity index (χ0) is 15.2. The van der Waals surface area contributed by atoms with Crippen molar-refractivity contribution < 1.29 is 5.11 Å². The predicted molar refractivity (Wildman–Crippen MR) is 90.2 cm³/mol. The van der Waals surface area contributed by atoms with Gasteiger partial charge in [-0.2, -0.15) is 0 Å². The molecule has 1 aliphatic heterocycles. The first-order valence-corrected chi connectivity index (χ1v) is 8.83.